The molecule has 140 valence electrons. The lowest BCUT2D eigenvalue weighted by molar-refractivity contribution is 0.0742. The van der Waals surface area contributed by atoms with Gasteiger partial charge >= 0.3 is 0 Å². The highest BCUT2D eigenvalue weighted by atomic mass is 35.5. The molecule has 1 heterocycles. The number of carbonyl (C=O) groups excluding carboxylic acids is 1. The van der Waals surface area contributed by atoms with E-state index in [1.807, 2.05) is 37.3 Å². The summed E-state index contributed by atoms with van der Waals surface area (Å²) >= 11 is 6.49. The van der Waals surface area contributed by atoms with Crippen LogP contribution in [0.25, 0.3) is 0 Å². The van der Waals surface area contributed by atoms with Gasteiger partial charge in [0, 0.05) is 7.05 Å². The van der Waals surface area contributed by atoms with Crippen LogP contribution in [0.1, 0.15) is 40.1 Å². The lowest BCUT2D eigenvalue weighted by Crippen LogP contribution is -2.30. The molecule has 3 rings (SSSR count). The van der Waals surface area contributed by atoms with Gasteiger partial charge in [0.05, 0.1) is 23.8 Å². The number of carbonyl (C=O) groups is 1. The fourth-order valence-corrected chi connectivity index (χ4v) is 3.29. The van der Waals surface area contributed by atoms with Crippen molar-refractivity contribution in [3.05, 3.63) is 88.0 Å². The van der Waals surface area contributed by atoms with Crippen molar-refractivity contribution in [2.45, 2.75) is 26.4 Å². The van der Waals surface area contributed by atoms with E-state index in [0.29, 0.717) is 23.0 Å². The largest absolute Gasteiger partial charge is 0.335 e. The molecule has 0 fully saturated rings. The van der Waals surface area contributed by atoms with Crippen molar-refractivity contribution in [1.82, 2.24) is 14.7 Å². The van der Waals surface area contributed by atoms with Crippen LogP contribution in [-0.4, -0.2) is 27.6 Å². The van der Waals surface area contributed by atoms with E-state index in [1.165, 1.54) is 12.1 Å². The van der Waals surface area contributed by atoms with E-state index in [4.69, 9.17) is 11.6 Å². The number of nitrogens with zero attached hydrogens (tertiary/aromatic N) is 3. The van der Waals surface area contributed by atoms with Gasteiger partial charge in [0.25, 0.3) is 5.91 Å². The third-order valence-electron chi connectivity index (χ3n) is 4.71. The Balaban J connectivity index is 1.84. The maximum Gasteiger partial charge on any atom is 0.259 e. The molecule has 4 nitrogen and oxygen atoms in total. The molecule has 2 aromatic carbocycles. The average molecular weight is 386 g/mol. The van der Waals surface area contributed by atoms with Crippen LogP contribution in [0.4, 0.5) is 4.39 Å². The van der Waals surface area contributed by atoms with Crippen LogP contribution in [-0.2, 0) is 6.54 Å². The van der Waals surface area contributed by atoms with Gasteiger partial charge in [0.1, 0.15) is 11.0 Å². The lowest BCUT2D eigenvalue weighted by Gasteiger charge is -2.25. The van der Waals surface area contributed by atoms with E-state index in [9.17, 15) is 9.18 Å². The van der Waals surface area contributed by atoms with Gasteiger partial charge in [-0.25, -0.2) is 9.07 Å². The Bertz CT molecular complexity index is 938. The van der Waals surface area contributed by atoms with Crippen molar-refractivity contribution < 1.29 is 9.18 Å². The summed E-state index contributed by atoms with van der Waals surface area (Å²) in [7, 11) is 1.71. The minimum absolute atomic E-state index is 0.214. The number of hydrogen-bond acceptors (Lipinski definition) is 2. The van der Waals surface area contributed by atoms with E-state index in [0.717, 1.165) is 11.1 Å². The summed E-state index contributed by atoms with van der Waals surface area (Å²) in [5.74, 6) is -0.519. The van der Waals surface area contributed by atoms with Gasteiger partial charge < -0.3 is 4.90 Å². The molecule has 0 radical (unpaired) electrons. The quantitative estimate of drug-likeness (QED) is 0.628. The first-order chi connectivity index (χ1) is 12.9. The lowest BCUT2D eigenvalue weighted by atomic mass is 10.1. The van der Waals surface area contributed by atoms with Gasteiger partial charge in [0.2, 0.25) is 0 Å². The molecule has 6 heteroatoms. The molecule has 0 N–H and O–H groups in total. The zero-order valence-corrected chi connectivity index (χ0v) is 16.2. The topological polar surface area (TPSA) is 38.1 Å². The predicted molar refractivity (Wildman–Crippen MR) is 104 cm³/mol. The first-order valence-corrected chi connectivity index (χ1v) is 9.05. The first-order valence-electron chi connectivity index (χ1n) is 8.68. The summed E-state index contributed by atoms with van der Waals surface area (Å²) in [4.78, 5) is 14.6. The number of aryl methyl sites for hydroxylation is 1. The van der Waals surface area contributed by atoms with Crippen molar-refractivity contribution >= 4 is 17.5 Å². The highest BCUT2D eigenvalue weighted by molar-refractivity contribution is 6.33. The average Bonchev–Trinajstić information content (AvgIpc) is 2.94. The number of hydrogen-bond donors (Lipinski definition) is 0. The Morgan fingerprint density at radius 1 is 1.19 bits per heavy atom. The monoisotopic (exact) mass is 385 g/mol. The molecule has 0 aliphatic heterocycles. The maximum atomic E-state index is 13.2. The second-order valence-electron chi connectivity index (χ2n) is 6.54. The number of halogens is 2. The van der Waals surface area contributed by atoms with Gasteiger partial charge in [-0.05, 0) is 37.1 Å². The zero-order valence-electron chi connectivity index (χ0n) is 15.5. The molecule has 1 amide bonds. The second-order valence-corrected chi connectivity index (χ2v) is 6.90. The van der Waals surface area contributed by atoms with Crippen molar-refractivity contribution in [2.24, 2.45) is 0 Å². The summed E-state index contributed by atoms with van der Waals surface area (Å²) in [6, 6.07) is 15.7. The number of benzene rings is 2. The highest BCUT2D eigenvalue weighted by Gasteiger charge is 2.26. The molecule has 0 spiro atoms. The molecule has 0 saturated heterocycles. The summed E-state index contributed by atoms with van der Waals surface area (Å²) in [5, 5.41) is 4.76. The number of rotatable bonds is 5. The minimum Gasteiger partial charge on any atom is -0.335 e. The van der Waals surface area contributed by atoms with Crippen LogP contribution in [0.5, 0.6) is 0 Å². The molecule has 3 aromatic rings. The van der Waals surface area contributed by atoms with Crippen molar-refractivity contribution in [1.29, 1.82) is 0 Å². The summed E-state index contributed by atoms with van der Waals surface area (Å²) < 4.78 is 14.8. The molecular formula is C21H21ClFN3O. The molecule has 0 saturated carbocycles. The summed E-state index contributed by atoms with van der Waals surface area (Å²) in [5.41, 5.74) is 2.87. The minimum atomic E-state index is -0.305. The molecule has 1 atom stereocenters. The molecule has 27 heavy (non-hydrogen) atoms. The zero-order chi connectivity index (χ0) is 19.6. The van der Waals surface area contributed by atoms with Crippen LogP contribution < -0.4 is 0 Å². The smallest absolute Gasteiger partial charge is 0.259 e. The van der Waals surface area contributed by atoms with Crippen LogP contribution in [0.15, 0.2) is 54.6 Å². The molecule has 1 aromatic heterocycles. The third-order valence-corrected chi connectivity index (χ3v) is 5.09. The SMILES string of the molecule is Cc1nn(Cc2ccccc2)c(Cl)c1C(=O)N(C)[C@@H](C)c1ccc(F)cc1. The predicted octanol–water partition coefficient (Wildman–Crippen LogP) is 4.87. The summed E-state index contributed by atoms with van der Waals surface area (Å²) in [6.45, 7) is 4.16. The third kappa shape index (κ3) is 4.03. The van der Waals surface area contributed by atoms with Crippen LogP contribution in [0, 0.1) is 12.7 Å². The number of amides is 1. The van der Waals surface area contributed by atoms with Crippen molar-refractivity contribution in [3.8, 4) is 0 Å². The molecule has 0 unspecified atom stereocenters. The molecule has 0 bridgehead atoms. The molecule has 0 aliphatic rings. The van der Waals surface area contributed by atoms with Gasteiger partial charge in [-0.15, -0.1) is 0 Å². The van der Waals surface area contributed by atoms with E-state index < -0.39 is 0 Å². The van der Waals surface area contributed by atoms with E-state index in [2.05, 4.69) is 5.10 Å². The summed E-state index contributed by atoms with van der Waals surface area (Å²) in [6.07, 6.45) is 0. The van der Waals surface area contributed by atoms with Crippen LogP contribution in [0.3, 0.4) is 0 Å². The van der Waals surface area contributed by atoms with Crippen molar-refractivity contribution in [2.75, 3.05) is 7.05 Å². The maximum absolute atomic E-state index is 13.2. The Morgan fingerprint density at radius 3 is 2.44 bits per heavy atom. The molecular weight excluding hydrogens is 365 g/mol. The van der Waals surface area contributed by atoms with Gasteiger partial charge in [-0.2, -0.15) is 5.10 Å². The Morgan fingerprint density at radius 2 is 1.81 bits per heavy atom. The van der Waals surface area contributed by atoms with Gasteiger partial charge in [0.15, 0.2) is 0 Å². The first kappa shape index (κ1) is 19.1. The van der Waals surface area contributed by atoms with Gasteiger partial charge in [-0.3, -0.25) is 4.79 Å². The normalized spacial score (nSPS) is 12.0. The fraction of sp³-hybridized carbons (Fsp3) is 0.238. The van der Waals surface area contributed by atoms with E-state index in [-0.39, 0.29) is 17.8 Å². The Hall–Kier alpha value is -2.66. The van der Waals surface area contributed by atoms with E-state index >= 15 is 0 Å². The van der Waals surface area contributed by atoms with Gasteiger partial charge in [-0.1, -0.05) is 54.1 Å². The van der Waals surface area contributed by atoms with Crippen molar-refractivity contribution in [3.63, 3.8) is 0 Å². The Kier molecular flexibility index (Phi) is 5.61. The molecule has 0 aliphatic carbocycles. The standard InChI is InChI=1S/C21H21ClFN3O/c1-14-19(20(22)26(24-14)13-16-7-5-4-6-8-16)21(27)25(3)15(2)17-9-11-18(23)12-10-17/h4-12,15H,13H2,1-3H3/t15-/m0/s1. The van der Waals surface area contributed by atoms with Crippen LogP contribution >= 0.6 is 11.6 Å². The second kappa shape index (κ2) is 7.92. The highest BCUT2D eigenvalue weighted by Crippen LogP contribution is 2.26. The fourth-order valence-electron chi connectivity index (χ4n) is 2.97. The van der Waals surface area contributed by atoms with E-state index in [1.54, 1.807) is 35.7 Å². The Labute approximate surface area is 163 Å². The van der Waals surface area contributed by atoms with Crippen LogP contribution in [0.2, 0.25) is 5.15 Å². The number of aromatic nitrogens is 2.